The first kappa shape index (κ1) is 57.8. The first-order valence-corrected chi connectivity index (χ1v) is 48.4. The first-order valence-electron chi connectivity index (χ1n) is 76.9. The molecule has 6 aromatic rings. The quantitative estimate of drug-likeness (QED) is 0.0415. The van der Waals surface area contributed by atoms with Gasteiger partial charge < -0.3 is 87.5 Å². The number of methoxy groups -OCH3 is 12. The average Bonchev–Trinajstić information content (AvgIpc) is 0.690. The molecule has 0 amide bonds. The van der Waals surface area contributed by atoms with Crippen LogP contribution in [0.3, 0.4) is 0 Å². The van der Waals surface area contributed by atoms with Gasteiger partial charge in [0, 0.05) is 163 Å². The molecule has 0 bridgehead atoms. The highest BCUT2D eigenvalue weighted by atomic mass is 16.5. The van der Waals surface area contributed by atoms with Gasteiger partial charge in [-0.05, 0) is 324 Å². The van der Waals surface area contributed by atoms with Crippen molar-refractivity contribution in [3.63, 3.8) is 0 Å². The maximum Gasteiger partial charge on any atom is 0.161 e. The number of rotatable bonds is 20. The molecule has 18 unspecified atom stereocenters. The van der Waals surface area contributed by atoms with E-state index in [-0.39, 0.29) is 255 Å². The summed E-state index contributed by atoms with van der Waals surface area (Å²) in [4.78, 5) is 11.1. The Labute approximate surface area is 932 Å². The Morgan fingerprint density at radius 1 is 0.303 bits per heavy atom. The van der Waals surface area contributed by atoms with Gasteiger partial charge in [0.05, 0.1) is 152 Å². The molecule has 12 heterocycles. The van der Waals surface area contributed by atoms with Crippen molar-refractivity contribution in [2.45, 2.75) is 298 Å². The minimum atomic E-state index is -3.21. The Balaban J connectivity index is 0.000000192. The van der Waals surface area contributed by atoms with Crippen LogP contribution < -0.4 is 56.8 Å². The third-order valence-corrected chi connectivity index (χ3v) is 28.1. The van der Waals surface area contributed by atoms with Gasteiger partial charge in [0.2, 0.25) is 0 Å². The van der Waals surface area contributed by atoms with E-state index in [4.69, 9.17) is 135 Å². The van der Waals surface area contributed by atoms with E-state index in [1.54, 1.807) is 14.7 Å². The van der Waals surface area contributed by atoms with E-state index in [9.17, 15) is 30.6 Å². The summed E-state index contributed by atoms with van der Waals surface area (Å²) in [6.45, 7) is -11.4. The van der Waals surface area contributed by atoms with Crippen molar-refractivity contribution in [3.05, 3.63) is 139 Å². The second kappa shape index (κ2) is 48.2. The van der Waals surface area contributed by atoms with Gasteiger partial charge in [0.25, 0.3) is 0 Å². The summed E-state index contributed by atoms with van der Waals surface area (Å²) >= 11 is 0. The molecule has 24 nitrogen and oxygen atoms in total. The van der Waals surface area contributed by atoms with Crippen molar-refractivity contribution in [1.82, 2.24) is 29.4 Å². The zero-order chi connectivity index (χ0) is 152. The van der Waals surface area contributed by atoms with Crippen LogP contribution in [-0.4, -0.2) is 260 Å². The summed E-state index contributed by atoms with van der Waals surface area (Å²) in [6, 6.07) is -4.71. The van der Waals surface area contributed by atoms with Gasteiger partial charge in [0.1, 0.15) is 0 Å². The van der Waals surface area contributed by atoms with Crippen LogP contribution in [0.4, 0.5) is 0 Å². The minimum Gasteiger partial charge on any atom is -0.493 e. The molecular weight excluding hydrogens is 1790 g/mol. The Kier molecular flexibility index (Phi) is 19.6. The zero-order valence-electron chi connectivity index (χ0n) is 141. The monoisotopic (exact) mass is 2030 g/mol. The van der Waals surface area contributed by atoms with E-state index >= 15 is 0 Å². The summed E-state index contributed by atoms with van der Waals surface area (Å²) < 4.78 is 526. The van der Waals surface area contributed by atoms with Gasteiger partial charge in [-0.25, -0.2) is 0 Å². The summed E-state index contributed by atoms with van der Waals surface area (Å²) in [7, 11) is 3.46. The zero-order valence-corrected chi connectivity index (χ0v) is 84.3. The van der Waals surface area contributed by atoms with Crippen LogP contribution in [0.25, 0.3) is 0 Å². The topological polar surface area (TPSA) is 252 Å². The van der Waals surface area contributed by atoms with Crippen LogP contribution in [0, 0.1) is 69.0 Å². The number of hydrogen-bond acceptors (Lipinski definition) is 24. The number of hydrogen-bond donors (Lipinski definition) is 6. The van der Waals surface area contributed by atoms with Crippen LogP contribution in [0.15, 0.2) is 72.5 Å². The lowest BCUT2D eigenvalue weighted by molar-refractivity contribution is -0.0259. The first-order chi connectivity index (χ1) is 90.5. The third-order valence-electron chi connectivity index (χ3n) is 28.1. The van der Waals surface area contributed by atoms with Crippen LogP contribution in [0.5, 0.6) is 69.0 Å². The summed E-state index contributed by atoms with van der Waals surface area (Å²) in [5.74, 6) is -7.30. The van der Waals surface area contributed by atoms with E-state index in [2.05, 4.69) is 18.7 Å². The van der Waals surface area contributed by atoms with E-state index in [0.717, 1.165) is 47.2 Å². The lowest BCUT2D eigenvalue weighted by Crippen LogP contribution is -2.48. The molecule has 6 saturated heterocycles. The summed E-state index contributed by atoms with van der Waals surface area (Å²) in [5.41, 5.74) is -5.58. The van der Waals surface area contributed by atoms with Gasteiger partial charge in [-0.15, -0.1) is 0 Å². The van der Waals surface area contributed by atoms with E-state index in [1.165, 1.54) is 64.0 Å². The van der Waals surface area contributed by atoms with Crippen LogP contribution >= 0.6 is 0 Å². The molecule has 792 valence electrons. The number of fused-ring (bicyclic) bond motifs is 18. The minimum absolute atomic E-state index is 0.00439. The molecule has 18 rings (SSSR count). The third kappa shape index (κ3) is 27.1. The molecule has 12 aliphatic rings. The molecule has 0 radical (unpaired) electrons. The van der Waals surface area contributed by atoms with E-state index in [0.29, 0.717) is 108 Å². The number of benzene rings is 6. The molecular formula is C118H182N6O18. The molecule has 142 heavy (non-hydrogen) atoms. The number of aliphatic hydroxyl groups excluding tert-OH is 5. The molecule has 18 atom stereocenters. The Morgan fingerprint density at radius 3 is 0.711 bits per heavy atom. The smallest absolute Gasteiger partial charge is 0.161 e. The normalized spacial score (nSPS) is 36.0. The van der Waals surface area contributed by atoms with Crippen molar-refractivity contribution in [2.75, 3.05) is 164 Å². The maximum absolute atomic E-state index is 11.1. The summed E-state index contributed by atoms with van der Waals surface area (Å²) in [5, 5.41) is 66.0. The Bertz CT molecular complexity index is 7430. The van der Waals surface area contributed by atoms with Gasteiger partial charge in [-0.1, -0.05) is 110 Å². The molecule has 6 N–H and O–H groups in total. The molecule has 0 aliphatic carbocycles. The second-order valence-electron chi connectivity index (χ2n) is 40.0. The highest BCUT2D eigenvalue weighted by Gasteiger charge is 2.48. The number of aliphatic hydroxyl groups is 6. The fourth-order valence-electron chi connectivity index (χ4n) is 21.7. The van der Waals surface area contributed by atoms with Gasteiger partial charge in [-0.3, -0.25) is 29.4 Å². The van der Waals surface area contributed by atoms with Crippen molar-refractivity contribution >= 4 is 0 Å². The fourth-order valence-corrected chi connectivity index (χ4v) is 21.7. The maximum atomic E-state index is 11.1. The van der Waals surface area contributed by atoms with E-state index < -0.39 is 237 Å². The molecule has 24 heteroatoms. The van der Waals surface area contributed by atoms with Crippen LogP contribution in [-0.2, 0) is 38.5 Å². The number of ether oxygens (including phenoxy) is 12. The number of piperidine rings is 6. The lowest BCUT2D eigenvalue weighted by atomic mass is 9.75. The Morgan fingerprint density at radius 2 is 0.500 bits per heavy atom. The van der Waals surface area contributed by atoms with Gasteiger partial charge >= 0.3 is 0 Å². The highest BCUT2D eigenvalue weighted by Crippen LogP contribution is 2.53. The number of nitrogens with zero attached hydrogens (tertiary/aromatic N) is 6. The molecule has 0 spiro atoms. The van der Waals surface area contributed by atoms with Gasteiger partial charge in [0.15, 0.2) is 69.0 Å². The van der Waals surface area contributed by atoms with Crippen molar-refractivity contribution in [1.29, 1.82) is 0 Å². The van der Waals surface area contributed by atoms with Crippen molar-refractivity contribution < 1.29 is 166 Å². The summed E-state index contributed by atoms with van der Waals surface area (Å²) in [6.07, 6.45) is -19.5. The second-order valence-corrected chi connectivity index (χ2v) is 40.0. The van der Waals surface area contributed by atoms with Crippen molar-refractivity contribution in [3.8, 4) is 69.0 Å². The van der Waals surface area contributed by atoms with Crippen LogP contribution in [0.1, 0.15) is 368 Å². The SMILES string of the molecule is [2H]c1c2c(c([2H])c(OC([2H])([2H])[2H])c1OC)C1CC(O)C(C([2H])([2H])C(C)(C([2H])([2H])[2H])C([2H])([2H])[2H])CN1CC2.[2H]c1c2c(c([2H])c(OC([2H])([2H])[2H])c1OC)C1CC(O)C(C([2H])([2H])C(C)(C([2H])([2H])[2H])C([2H])([2H])[2H])CN1CC2.[2H]c1c2c(c([2H])c(OC([2H])([2H])[2H])c1OC)C1CC(O)C(CC(C)C)CN1CC2.[2H]c1c2c(c([2H])c(OC)c1OC)C1CC(O)C(C([2H])([2H])C(C)(C([2H])([2H])[2H])C([2H])([2H])[2H])CN1CC2.[2H]c1c2c(c([2H])c(OC)c1OC)C1CC(O)C(C([2H])([2H])C(C)(C([2H])([2H])[2H])C([2H])([2H])[2H])CN1CC2.[2H]c1c2c(c([2H])c(OC)c1OC)C1N(CC2)CC([2H])(CC(C)C)C([2H])(O)C1([2H])[2H]. The molecule has 12 aliphatic heterocycles. The molecule has 6 aromatic carbocycles. The van der Waals surface area contributed by atoms with Crippen LogP contribution in [0.2, 0.25) is 0 Å². The predicted octanol–water partition coefficient (Wildman–Crippen LogP) is 19.7. The van der Waals surface area contributed by atoms with Crippen molar-refractivity contribution in [2.24, 2.45) is 69.0 Å². The lowest BCUT2D eigenvalue weighted by Gasteiger charge is -2.47. The Hall–Kier alpha value is -7.56. The predicted molar refractivity (Wildman–Crippen MR) is 565 cm³/mol. The molecule has 0 saturated carbocycles. The largest absolute Gasteiger partial charge is 0.493 e. The highest BCUT2D eigenvalue weighted by molar-refractivity contribution is 5.55. The molecule has 6 fully saturated rings. The standard InChI is InChI=1S/4C20H31NO3.2C19H29NO3/c4*1-20(2,3)11-14-12-21-7-6-13-8-18(23-4)19(24-5)9-15(13)16(21)10-17(14)22;2*1-12(2)7-14-11-20-6-5-13-8-18(22-3)19(23-4)9-15(13)16(20)10-17(14)21/h4*8-9,14,16-17,22H,6-7,10-12H2,1-5H3;2*8-9,12,14,16-17,21H,5-7,10-11H2,1-4H3/i2*1D3,2D3,5D3,8D,9D,11D2;2*1D3,2D3,8D,9D,11D2;8D,9D,10D2,14D,17D;4D3,8D,9D. The average molecular weight is 2030 g/mol. The van der Waals surface area contributed by atoms with Gasteiger partial charge in [-0.2, -0.15) is 0 Å². The molecule has 0 aromatic heterocycles. The fraction of sp³-hybridized carbons (Fsp3) is 0.695. The van der Waals surface area contributed by atoms with E-state index in [1.807, 2.05) is 23.6 Å².